The molecule has 1 rings (SSSR count). The normalized spacial score (nSPS) is 21.4. The number of nitrogens with one attached hydrogen (secondary N) is 1. The minimum atomic E-state index is -0.528. The molecule has 0 saturated heterocycles. The Morgan fingerprint density at radius 3 is 2.86 bits per heavy atom. The van der Waals surface area contributed by atoms with Crippen molar-refractivity contribution in [3.8, 4) is 0 Å². The Labute approximate surface area is 83.8 Å². The van der Waals surface area contributed by atoms with Gasteiger partial charge in [0.15, 0.2) is 6.04 Å². The van der Waals surface area contributed by atoms with Gasteiger partial charge in [-0.05, 0) is 32.4 Å². The number of rotatable bonds is 2. The van der Waals surface area contributed by atoms with Crippen molar-refractivity contribution >= 4 is 5.97 Å². The average molecular weight is 196 g/mol. The lowest BCUT2D eigenvalue weighted by atomic mass is 10.0. The van der Waals surface area contributed by atoms with Crippen LogP contribution < -0.4 is 11.1 Å². The molecule has 0 spiro atoms. The topological polar surface area (TPSA) is 64.3 Å². The maximum absolute atomic E-state index is 11.5. The molecule has 0 fully saturated rings. The summed E-state index contributed by atoms with van der Waals surface area (Å²) in [6, 6.07) is -0.528. The second-order valence-corrected chi connectivity index (χ2v) is 3.30. The van der Waals surface area contributed by atoms with Crippen LogP contribution in [0.3, 0.4) is 0 Å². The van der Waals surface area contributed by atoms with Crippen LogP contribution in [-0.4, -0.2) is 18.6 Å². The SMILES string of the molecule is CCOC(=O)[C@@H]1NC(C)=CC(C)=C1N. The predicted molar refractivity (Wildman–Crippen MR) is 54.2 cm³/mol. The summed E-state index contributed by atoms with van der Waals surface area (Å²) in [5, 5.41) is 2.98. The summed E-state index contributed by atoms with van der Waals surface area (Å²) in [5.74, 6) is -0.322. The number of allylic oxidation sites excluding steroid dienone is 3. The van der Waals surface area contributed by atoms with E-state index in [4.69, 9.17) is 10.5 Å². The molecule has 0 radical (unpaired) electrons. The molecule has 1 aliphatic rings. The molecule has 4 heteroatoms. The maximum atomic E-state index is 11.5. The van der Waals surface area contributed by atoms with Crippen LogP contribution in [0, 0.1) is 0 Å². The molecule has 1 aliphatic heterocycles. The number of nitrogens with two attached hydrogens (primary N) is 1. The fourth-order valence-corrected chi connectivity index (χ4v) is 1.39. The first-order valence-electron chi connectivity index (χ1n) is 4.64. The van der Waals surface area contributed by atoms with Crippen LogP contribution in [-0.2, 0) is 9.53 Å². The molecule has 4 nitrogen and oxygen atoms in total. The van der Waals surface area contributed by atoms with Gasteiger partial charge in [-0.3, -0.25) is 0 Å². The lowest BCUT2D eigenvalue weighted by Crippen LogP contribution is -2.43. The van der Waals surface area contributed by atoms with Crippen LogP contribution in [0.15, 0.2) is 23.0 Å². The van der Waals surface area contributed by atoms with Crippen molar-refractivity contribution in [2.24, 2.45) is 5.73 Å². The molecule has 78 valence electrons. The zero-order chi connectivity index (χ0) is 10.7. The Morgan fingerprint density at radius 1 is 1.64 bits per heavy atom. The largest absolute Gasteiger partial charge is 0.464 e. The van der Waals surface area contributed by atoms with Crippen LogP contribution >= 0.6 is 0 Å². The molecule has 0 unspecified atom stereocenters. The first kappa shape index (κ1) is 10.6. The summed E-state index contributed by atoms with van der Waals surface area (Å²) in [6.45, 7) is 5.91. The van der Waals surface area contributed by atoms with Crippen molar-refractivity contribution < 1.29 is 9.53 Å². The fraction of sp³-hybridized carbons (Fsp3) is 0.500. The van der Waals surface area contributed by atoms with Crippen LogP contribution in [0.2, 0.25) is 0 Å². The van der Waals surface area contributed by atoms with Crippen molar-refractivity contribution in [2.45, 2.75) is 26.8 Å². The van der Waals surface area contributed by atoms with Crippen molar-refractivity contribution in [2.75, 3.05) is 6.61 Å². The van der Waals surface area contributed by atoms with Crippen molar-refractivity contribution in [3.05, 3.63) is 23.0 Å². The lowest BCUT2D eigenvalue weighted by molar-refractivity contribution is -0.144. The van der Waals surface area contributed by atoms with Gasteiger partial charge in [0.1, 0.15) is 0 Å². The Bertz CT molecular complexity index is 305. The smallest absolute Gasteiger partial charge is 0.334 e. The fourth-order valence-electron chi connectivity index (χ4n) is 1.39. The standard InChI is InChI=1S/C10H16N2O2/c1-4-14-10(13)9-8(11)6(2)5-7(3)12-9/h5,9,12H,4,11H2,1-3H3/t9-/m1/s1. The van der Waals surface area contributed by atoms with E-state index in [1.165, 1.54) is 0 Å². The van der Waals surface area contributed by atoms with Crippen LogP contribution in [0.5, 0.6) is 0 Å². The van der Waals surface area contributed by atoms with E-state index >= 15 is 0 Å². The third kappa shape index (κ3) is 2.07. The predicted octanol–water partition coefficient (Wildman–Crippen LogP) is 0.658. The second kappa shape index (κ2) is 4.17. The van der Waals surface area contributed by atoms with Gasteiger partial charge in [-0.1, -0.05) is 0 Å². The molecule has 0 aromatic rings. The number of hydrogen-bond donors (Lipinski definition) is 2. The van der Waals surface area contributed by atoms with E-state index in [9.17, 15) is 4.79 Å². The van der Waals surface area contributed by atoms with Gasteiger partial charge >= 0.3 is 5.97 Å². The number of hydrogen-bond acceptors (Lipinski definition) is 4. The highest BCUT2D eigenvalue weighted by molar-refractivity contribution is 5.80. The van der Waals surface area contributed by atoms with Gasteiger partial charge in [0.2, 0.25) is 0 Å². The Kier molecular flexibility index (Phi) is 3.17. The third-order valence-electron chi connectivity index (χ3n) is 2.09. The molecule has 0 aromatic heterocycles. The summed E-state index contributed by atoms with van der Waals surface area (Å²) in [6.07, 6.45) is 1.91. The maximum Gasteiger partial charge on any atom is 0.334 e. The van der Waals surface area contributed by atoms with Gasteiger partial charge in [0.05, 0.1) is 6.61 Å². The lowest BCUT2D eigenvalue weighted by Gasteiger charge is -2.24. The quantitative estimate of drug-likeness (QED) is 0.637. The highest BCUT2D eigenvalue weighted by atomic mass is 16.5. The second-order valence-electron chi connectivity index (χ2n) is 3.30. The summed E-state index contributed by atoms with van der Waals surface area (Å²) < 4.78 is 4.91. The Morgan fingerprint density at radius 2 is 2.29 bits per heavy atom. The third-order valence-corrected chi connectivity index (χ3v) is 2.09. The van der Waals surface area contributed by atoms with Crippen LogP contribution in [0.4, 0.5) is 0 Å². The molecular formula is C10H16N2O2. The number of ether oxygens (including phenoxy) is 1. The first-order valence-corrected chi connectivity index (χ1v) is 4.64. The van der Waals surface area contributed by atoms with Crippen LogP contribution in [0.1, 0.15) is 20.8 Å². The van der Waals surface area contributed by atoms with E-state index in [0.29, 0.717) is 12.3 Å². The number of esters is 1. The van der Waals surface area contributed by atoms with Gasteiger partial charge in [-0.25, -0.2) is 4.79 Å². The molecule has 0 aliphatic carbocycles. The summed E-state index contributed by atoms with van der Waals surface area (Å²) in [4.78, 5) is 11.5. The number of dihydropyridines is 1. The van der Waals surface area contributed by atoms with Gasteiger partial charge < -0.3 is 15.8 Å². The molecule has 1 heterocycles. The van der Waals surface area contributed by atoms with E-state index < -0.39 is 6.04 Å². The average Bonchev–Trinajstić information content (AvgIpc) is 2.11. The molecule has 0 bridgehead atoms. The summed E-state index contributed by atoms with van der Waals surface area (Å²) >= 11 is 0. The van der Waals surface area contributed by atoms with Crippen LogP contribution in [0.25, 0.3) is 0 Å². The van der Waals surface area contributed by atoms with E-state index in [0.717, 1.165) is 11.3 Å². The molecule has 1 atom stereocenters. The van der Waals surface area contributed by atoms with Gasteiger partial charge in [-0.15, -0.1) is 0 Å². The molecule has 14 heavy (non-hydrogen) atoms. The van der Waals surface area contributed by atoms with Gasteiger partial charge in [-0.2, -0.15) is 0 Å². The molecular weight excluding hydrogens is 180 g/mol. The Balaban J connectivity index is 2.83. The zero-order valence-corrected chi connectivity index (χ0v) is 8.76. The van der Waals surface area contributed by atoms with E-state index in [1.807, 2.05) is 19.9 Å². The summed E-state index contributed by atoms with van der Waals surface area (Å²) in [5.41, 5.74) is 8.17. The molecule has 0 aromatic carbocycles. The van der Waals surface area contributed by atoms with Crippen molar-refractivity contribution in [1.82, 2.24) is 5.32 Å². The monoisotopic (exact) mass is 196 g/mol. The minimum absolute atomic E-state index is 0.322. The minimum Gasteiger partial charge on any atom is -0.464 e. The van der Waals surface area contributed by atoms with Crippen molar-refractivity contribution in [1.29, 1.82) is 0 Å². The van der Waals surface area contributed by atoms with E-state index in [1.54, 1.807) is 6.92 Å². The van der Waals surface area contributed by atoms with Crippen molar-refractivity contribution in [3.63, 3.8) is 0 Å². The number of carbonyl (C=O) groups excluding carboxylic acids is 1. The van der Waals surface area contributed by atoms with E-state index in [2.05, 4.69) is 5.32 Å². The first-order chi connectivity index (χ1) is 6.56. The van der Waals surface area contributed by atoms with Gasteiger partial charge in [0, 0.05) is 11.4 Å². The Hall–Kier alpha value is -1.45. The van der Waals surface area contributed by atoms with Gasteiger partial charge in [0.25, 0.3) is 0 Å². The molecule has 3 N–H and O–H groups in total. The molecule has 0 saturated carbocycles. The summed E-state index contributed by atoms with van der Waals surface area (Å²) in [7, 11) is 0. The zero-order valence-electron chi connectivity index (χ0n) is 8.76. The highest BCUT2D eigenvalue weighted by Gasteiger charge is 2.25. The number of carbonyl (C=O) groups is 1. The molecule has 0 amide bonds. The highest BCUT2D eigenvalue weighted by Crippen LogP contribution is 2.14. The van der Waals surface area contributed by atoms with E-state index in [-0.39, 0.29) is 5.97 Å².